The van der Waals surface area contributed by atoms with Gasteiger partial charge in [0.15, 0.2) is 0 Å². The Morgan fingerprint density at radius 2 is 1.56 bits per heavy atom. The van der Waals surface area contributed by atoms with Crippen LogP contribution in [0.4, 0.5) is 5.13 Å². The number of amides is 1. The summed E-state index contributed by atoms with van der Waals surface area (Å²) in [5.74, 6) is 0.599. The smallest absolute Gasteiger partial charge is 0.257 e. The number of carbonyl (C=O) groups excluding carboxylic acids is 1. The highest BCUT2D eigenvalue weighted by molar-refractivity contribution is 7.13. The first-order valence-corrected chi connectivity index (χ1v) is 8.24. The largest absolute Gasteiger partial charge is 0.416 e. The lowest BCUT2D eigenvalue weighted by atomic mass is 10.1. The fourth-order valence-electron chi connectivity index (χ4n) is 2.20. The summed E-state index contributed by atoms with van der Waals surface area (Å²) in [6.07, 6.45) is 0. The summed E-state index contributed by atoms with van der Waals surface area (Å²) in [6.45, 7) is 0. The second-order valence-corrected chi connectivity index (χ2v) is 5.89. The molecule has 1 N–H and O–H groups in total. The Bertz CT molecular complexity index is 982. The third-order valence-electron chi connectivity index (χ3n) is 3.42. The van der Waals surface area contributed by atoms with Gasteiger partial charge in [0.05, 0.1) is 0 Å². The molecule has 0 aliphatic rings. The second-order valence-electron chi connectivity index (χ2n) is 5.05. The molecule has 122 valence electrons. The SMILES string of the molecule is O=C(Nc1nncs1)c1ccc(-c2nnc(-c3ccccc3)o2)cc1. The van der Waals surface area contributed by atoms with E-state index in [1.54, 1.807) is 29.8 Å². The monoisotopic (exact) mass is 349 g/mol. The molecule has 1 amide bonds. The molecule has 0 aliphatic carbocycles. The van der Waals surface area contributed by atoms with Crippen LogP contribution in [0.2, 0.25) is 0 Å². The van der Waals surface area contributed by atoms with E-state index in [4.69, 9.17) is 4.42 Å². The van der Waals surface area contributed by atoms with Crippen LogP contribution in [-0.4, -0.2) is 26.3 Å². The summed E-state index contributed by atoms with van der Waals surface area (Å²) in [4.78, 5) is 12.1. The Labute approximate surface area is 146 Å². The number of hydrogen-bond donors (Lipinski definition) is 1. The third-order valence-corrected chi connectivity index (χ3v) is 4.03. The summed E-state index contributed by atoms with van der Waals surface area (Å²) in [6, 6.07) is 16.4. The Morgan fingerprint density at radius 3 is 2.20 bits per heavy atom. The van der Waals surface area contributed by atoms with E-state index >= 15 is 0 Å². The van der Waals surface area contributed by atoms with E-state index < -0.39 is 0 Å². The van der Waals surface area contributed by atoms with Gasteiger partial charge in [0, 0.05) is 16.7 Å². The molecule has 4 rings (SSSR count). The zero-order valence-corrected chi connectivity index (χ0v) is 13.6. The highest BCUT2D eigenvalue weighted by Crippen LogP contribution is 2.24. The van der Waals surface area contributed by atoms with Crippen molar-refractivity contribution in [3.8, 4) is 22.9 Å². The maximum Gasteiger partial charge on any atom is 0.257 e. The molecule has 8 heteroatoms. The van der Waals surface area contributed by atoms with Gasteiger partial charge in [-0.1, -0.05) is 29.5 Å². The van der Waals surface area contributed by atoms with Gasteiger partial charge in [-0.15, -0.1) is 20.4 Å². The molecule has 0 bridgehead atoms. The van der Waals surface area contributed by atoms with Gasteiger partial charge >= 0.3 is 0 Å². The lowest BCUT2D eigenvalue weighted by Crippen LogP contribution is -2.11. The van der Waals surface area contributed by atoms with Crippen molar-refractivity contribution in [3.63, 3.8) is 0 Å². The molecular formula is C17H11N5O2S. The zero-order valence-electron chi connectivity index (χ0n) is 12.8. The molecule has 0 fully saturated rings. The van der Waals surface area contributed by atoms with Gasteiger partial charge in [0.2, 0.25) is 16.9 Å². The average molecular weight is 349 g/mol. The first-order chi connectivity index (χ1) is 12.3. The van der Waals surface area contributed by atoms with Crippen LogP contribution in [0.5, 0.6) is 0 Å². The van der Waals surface area contributed by atoms with E-state index in [9.17, 15) is 4.79 Å². The van der Waals surface area contributed by atoms with Crippen LogP contribution >= 0.6 is 11.3 Å². The van der Waals surface area contributed by atoms with Gasteiger partial charge in [-0.2, -0.15) is 0 Å². The fourth-order valence-corrected chi connectivity index (χ4v) is 2.64. The minimum Gasteiger partial charge on any atom is -0.416 e. The van der Waals surface area contributed by atoms with Crippen molar-refractivity contribution in [1.82, 2.24) is 20.4 Å². The quantitative estimate of drug-likeness (QED) is 0.606. The van der Waals surface area contributed by atoms with Crippen LogP contribution in [-0.2, 0) is 0 Å². The molecule has 2 heterocycles. The molecular weight excluding hydrogens is 338 g/mol. The summed E-state index contributed by atoms with van der Waals surface area (Å²) in [5, 5.41) is 18.7. The number of rotatable bonds is 4. The molecule has 2 aromatic heterocycles. The lowest BCUT2D eigenvalue weighted by molar-refractivity contribution is 0.102. The molecule has 0 saturated carbocycles. The highest BCUT2D eigenvalue weighted by Gasteiger charge is 2.12. The van der Waals surface area contributed by atoms with Crippen molar-refractivity contribution < 1.29 is 9.21 Å². The van der Waals surface area contributed by atoms with Crippen molar-refractivity contribution in [2.24, 2.45) is 0 Å². The van der Waals surface area contributed by atoms with Crippen LogP contribution in [0.15, 0.2) is 64.5 Å². The standard InChI is InChI=1S/C17H11N5O2S/c23-14(19-17-22-18-10-25-17)11-6-8-13(9-7-11)16-21-20-15(24-16)12-4-2-1-3-5-12/h1-10H,(H,19,22,23). The van der Waals surface area contributed by atoms with Gasteiger partial charge in [0.25, 0.3) is 5.91 Å². The Balaban J connectivity index is 1.52. The normalized spacial score (nSPS) is 10.6. The van der Waals surface area contributed by atoms with Crippen LogP contribution in [0.3, 0.4) is 0 Å². The van der Waals surface area contributed by atoms with Gasteiger partial charge in [-0.3, -0.25) is 10.1 Å². The number of carbonyl (C=O) groups is 1. The lowest BCUT2D eigenvalue weighted by Gasteiger charge is -2.01. The van der Waals surface area contributed by atoms with Crippen LogP contribution in [0, 0.1) is 0 Å². The van der Waals surface area contributed by atoms with Crippen LogP contribution in [0.25, 0.3) is 22.9 Å². The molecule has 0 aliphatic heterocycles. The average Bonchev–Trinajstić information content (AvgIpc) is 3.34. The van der Waals surface area contributed by atoms with Gasteiger partial charge < -0.3 is 4.42 Å². The van der Waals surface area contributed by atoms with Gasteiger partial charge in [-0.25, -0.2) is 0 Å². The predicted octanol–water partition coefficient (Wildman–Crippen LogP) is 3.51. The molecule has 0 atom stereocenters. The number of hydrogen-bond acceptors (Lipinski definition) is 7. The molecule has 0 radical (unpaired) electrons. The van der Waals surface area contributed by atoms with Crippen molar-refractivity contribution >= 4 is 22.4 Å². The predicted molar refractivity (Wildman–Crippen MR) is 93.0 cm³/mol. The number of anilines is 1. The second kappa shape index (κ2) is 6.62. The Kier molecular flexibility index (Phi) is 4.01. The van der Waals surface area contributed by atoms with E-state index in [2.05, 4.69) is 25.7 Å². The Morgan fingerprint density at radius 1 is 0.880 bits per heavy atom. The Hall–Kier alpha value is -3.39. The zero-order chi connectivity index (χ0) is 17.1. The molecule has 0 spiro atoms. The number of nitrogens with zero attached hydrogens (tertiary/aromatic N) is 4. The van der Waals surface area contributed by atoms with Gasteiger partial charge in [0.1, 0.15) is 5.51 Å². The van der Waals surface area contributed by atoms with Crippen LogP contribution < -0.4 is 5.32 Å². The van der Waals surface area contributed by atoms with Crippen molar-refractivity contribution in [2.45, 2.75) is 0 Å². The summed E-state index contributed by atoms with van der Waals surface area (Å²) >= 11 is 1.26. The first-order valence-electron chi connectivity index (χ1n) is 7.36. The molecule has 0 unspecified atom stereocenters. The minimum atomic E-state index is -0.251. The number of benzene rings is 2. The summed E-state index contributed by atoms with van der Waals surface area (Å²) in [7, 11) is 0. The summed E-state index contributed by atoms with van der Waals surface area (Å²) in [5.41, 5.74) is 3.65. The van der Waals surface area contributed by atoms with E-state index in [0.717, 1.165) is 11.1 Å². The van der Waals surface area contributed by atoms with E-state index in [0.29, 0.717) is 22.5 Å². The fraction of sp³-hybridized carbons (Fsp3) is 0. The number of aromatic nitrogens is 4. The molecule has 2 aromatic carbocycles. The molecule has 7 nitrogen and oxygen atoms in total. The minimum absolute atomic E-state index is 0.251. The molecule has 0 saturated heterocycles. The van der Waals surface area contributed by atoms with E-state index in [-0.39, 0.29) is 5.91 Å². The van der Waals surface area contributed by atoms with Crippen molar-refractivity contribution in [3.05, 3.63) is 65.7 Å². The highest BCUT2D eigenvalue weighted by atomic mass is 32.1. The van der Waals surface area contributed by atoms with E-state index in [1.807, 2.05) is 30.3 Å². The van der Waals surface area contributed by atoms with E-state index in [1.165, 1.54) is 11.3 Å². The molecule has 4 aromatic rings. The maximum atomic E-state index is 12.1. The first kappa shape index (κ1) is 15.2. The topological polar surface area (TPSA) is 93.8 Å². The van der Waals surface area contributed by atoms with Crippen LogP contribution in [0.1, 0.15) is 10.4 Å². The van der Waals surface area contributed by atoms with Gasteiger partial charge in [-0.05, 0) is 36.4 Å². The van der Waals surface area contributed by atoms with Crippen molar-refractivity contribution in [2.75, 3.05) is 5.32 Å². The third kappa shape index (κ3) is 3.29. The van der Waals surface area contributed by atoms with Crippen molar-refractivity contribution in [1.29, 1.82) is 0 Å². The number of nitrogens with one attached hydrogen (secondary N) is 1. The summed E-state index contributed by atoms with van der Waals surface area (Å²) < 4.78 is 5.70. The molecule has 25 heavy (non-hydrogen) atoms. The maximum absolute atomic E-state index is 12.1.